The van der Waals surface area contributed by atoms with Crippen LogP contribution in [-0.2, 0) is 26.4 Å². The van der Waals surface area contributed by atoms with Crippen LogP contribution in [-0.4, -0.2) is 9.78 Å². The number of nitrogens with zero attached hydrogens (tertiary/aromatic N) is 2. The molecule has 3 heteroatoms. The Morgan fingerprint density at radius 1 is 1.24 bits per heavy atom. The highest BCUT2D eigenvalue weighted by atomic mass is 15.2. The number of hydrogen-bond acceptors (Lipinski definition) is 2. The first kappa shape index (κ1) is 14.3. The Morgan fingerprint density at radius 2 is 2.00 bits per heavy atom. The van der Waals surface area contributed by atoms with Crippen molar-refractivity contribution in [2.24, 2.45) is 7.05 Å². The highest BCUT2D eigenvalue weighted by Gasteiger charge is 2.13. The van der Waals surface area contributed by atoms with E-state index in [1.54, 1.807) is 11.1 Å². The summed E-state index contributed by atoms with van der Waals surface area (Å²) in [4.78, 5) is 0. The largest absolute Gasteiger partial charge is 0.306 e. The van der Waals surface area contributed by atoms with Gasteiger partial charge in [-0.15, -0.1) is 0 Å². The van der Waals surface area contributed by atoms with Crippen molar-refractivity contribution in [3.63, 3.8) is 0 Å². The fourth-order valence-electron chi connectivity index (χ4n) is 3.23. The summed E-state index contributed by atoms with van der Waals surface area (Å²) in [5.74, 6) is 0. The number of aromatic nitrogens is 2. The molecule has 1 atom stereocenters. The zero-order chi connectivity index (χ0) is 14.8. The molecule has 2 aromatic rings. The first-order valence-electron chi connectivity index (χ1n) is 7.97. The van der Waals surface area contributed by atoms with E-state index in [-0.39, 0.29) is 0 Å². The van der Waals surface area contributed by atoms with Crippen molar-refractivity contribution < 1.29 is 0 Å². The normalized spacial score (nSPS) is 15.8. The summed E-state index contributed by atoms with van der Waals surface area (Å²) in [6.45, 7) is 5.19. The molecular weight excluding hydrogens is 258 g/mol. The highest BCUT2D eigenvalue weighted by Crippen LogP contribution is 2.25. The van der Waals surface area contributed by atoms with Gasteiger partial charge in [-0.25, -0.2) is 0 Å². The van der Waals surface area contributed by atoms with Crippen LogP contribution < -0.4 is 5.32 Å². The molecule has 1 aromatic heterocycles. The maximum atomic E-state index is 4.40. The second-order valence-electron chi connectivity index (χ2n) is 6.25. The molecule has 0 bridgehead atoms. The van der Waals surface area contributed by atoms with E-state index in [2.05, 4.69) is 48.7 Å². The molecule has 0 saturated heterocycles. The van der Waals surface area contributed by atoms with Crippen LogP contribution in [0.25, 0.3) is 0 Å². The first-order chi connectivity index (χ1) is 10.1. The van der Waals surface area contributed by atoms with Crippen LogP contribution in [0.1, 0.15) is 53.8 Å². The fourth-order valence-corrected chi connectivity index (χ4v) is 3.23. The Labute approximate surface area is 127 Å². The standard InChI is InChI=1S/C18H25N3/c1-13(19-11-18-12-21(3)20-14(18)2)16-9-8-15-6-4-5-7-17(15)10-16/h8-10,12-13,19H,4-7,11H2,1-3H3. The molecule has 0 fully saturated rings. The van der Waals surface area contributed by atoms with Crippen LogP contribution in [0.3, 0.4) is 0 Å². The zero-order valence-electron chi connectivity index (χ0n) is 13.3. The van der Waals surface area contributed by atoms with Gasteiger partial charge in [-0.1, -0.05) is 18.2 Å². The number of fused-ring (bicyclic) bond motifs is 1. The summed E-state index contributed by atoms with van der Waals surface area (Å²) < 4.78 is 1.88. The molecular formula is C18H25N3. The molecule has 0 saturated carbocycles. The second-order valence-corrected chi connectivity index (χ2v) is 6.25. The lowest BCUT2D eigenvalue weighted by atomic mass is 9.89. The monoisotopic (exact) mass is 283 g/mol. The molecule has 0 spiro atoms. The van der Waals surface area contributed by atoms with Gasteiger partial charge in [-0.3, -0.25) is 4.68 Å². The molecule has 3 nitrogen and oxygen atoms in total. The summed E-state index contributed by atoms with van der Waals surface area (Å²) in [5.41, 5.74) is 6.91. The van der Waals surface area contributed by atoms with E-state index in [0.717, 1.165) is 12.2 Å². The van der Waals surface area contributed by atoms with Crippen molar-refractivity contribution in [3.05, 3.63) is 52.3 Å². The Kier molecular flexibility index (Phi) is 4.11. The molecule has 1 aromatic carbocycles. The summed E-state index contributed by atoms with van der Waals surface area (Å²) >= 11 is 0. The van der Waals surface area contributed by atoms with Gasteiger partial charge < -0.3 is 5.32 Å². The van der Waals surface area contributed by atoms with E-state index < -0.39 is 0 Å². The van der Waals surface area contributed by atoms with Gasteiger partial charge in [0, 0.05) is 31.4 Å². The Morgan fingerprint density at radius 3 is 2.71 bits per heavy atom. The van der Waals surface area contributed by atoms with Crippen LogP contribution in [0.4, 0.5) is 0 Å². The van der Waals surface area contributed by atoms with Crippen molar-refractivity contribution in [2.45, 2.75) is 52.1 Å². The molecule has 21 heavy (non-hydrogen) atoms. The van der Waals surface area contributed by atoms with Crippen LogP contribution in [0.2, 0.25) is 0 Å². The zero-order valence-corrected chi connectivity index (χ0v) is 13.3. The van der Waals surface area contributed by atoms with Gasteiger partial charge in [-0.2, -0.15) is 5.10 Å². The maximum Gasteiger partial charge on any atom is 0.0638 e. The Bertz CT molecular complexity index is 627. The van der Waals surface area contributed by atoms with Crippen LogP contribution >= 0.6 is 0 Å². The third kappa shape index (κ3) is 3.18. The molecule has 0 amide bonds. The molecule has 112 valence electrons. The third-order valence-corrected chi connectivity index (χ3v) is 4.59. The highest BCUT2D eigenvalue weighted by molar-refractivity contribution is 5.35. The second kappa shape index (κ2) is 6.02. The summed E-state index contributed by atoms with van der Waals surface area (Å²) in [7, 11) is 1.98. The van der Waals surface area contributed by atoms with Crippen LogP contribution in [0, 0.1) is 6.92 Å². The van der Waals surface area contributed by atoms with Crippen molar-refractivity contribution in [1.29, 1.82) is 0 Å². The lowest BCUT2D eigenvalue weighted by Crippen LogP contribution is -2.19. The Balaban J connectivity index is 1.67. The van der Waals surface area contributed by atoms with Gasteiger partial charge >= 0.3 is 0 Å². The number of nitrogens with one attached hydrogen (secondary N) is 1. The number of hydrogen-bond donors (Lipinski definition) is 1. The molecule has 1 heterocycles. The van der Waals surface area contributed by atoms with Crippen molar-refractivity contribution in [2.75, 3.05) is 0 Å². The van der Waals surface area contributed by atoms with E-state index in [1.165, 1.54) is 36.8 Å². The van der Waals surface area contributed by atoms with Gasteiger partial charge in [0.15, 0.2) is 0 Å². The van der Waals surface area contributed by atoms with E-state index in [1.807, 2.05) is 11.7 Å². The predicted octanol–water partition coefficient (Wildman–Crippen LogP) is 3.46. The third-order valence-electron chi connectivity index (χ3n) is 4.59. The van der Waals surface area contributed by atoms with E-state index in [4.69, 9.17) is 0 Å². The number of rotatable bonds is 4. The van der Waals surface area contributed by atoms with Gasteiger partial charge in [0.25, 0.3) is 0 Å². The minimum Gasteiger partial charge on any atom is -0.306 e. The van der Waals surface area contributed by atoms with Crippen molar-refractivity contribution >= 4 is 0 Å². The van der Waals surface area contributed by atoms with Crippen molar-refractivity contribution in [3.8, 4) is 0 Å². The van der Waals surface area contributed by atoms with Gasteiger partial charge in [0.2, 0.25) is 0 Å². The van der Waals surface area contributed by atoms with Crippen molar-refractivity contribution in [1.82, 2.24) is 15.1 Å². The van der Waals surface area contributed by atoms with Gasteiger partial charge in [0.1, 0.15) is 0 Å². The summed E-state index contributed by atoms with van der Waals surface area (Å²) in [6, 6.07) is 7.40. The van der Waals surface area contributed by atoms with Crippen LogP contribution in [0.5, 0.6) is 0 Å². The minimum atomic E-state index is 0.372. The maximum absolute atomic E-state index is 4.40. The molecule has 1 N–H and O–H groups in total. The average molecular weight is 283 g/mol. The molecule has 0 radical (unpaired) electrons. The fraction of sp³-hybridized carbons (Fsp3) is 0.500. The minimum absolute atomic E-state index is 0.372. The quantitative estimate of drug-likeness (QED) is 0.931. The number of benzene rings is 1. The lowest BCUT2D eigenvalue weighted by Gasteiger charge is -2.20. The smallest absolute Gasteiger partial charge is 0.0638 e. The first-order valence-corrected chi connectivity index (χ1v) is 7.97. The Hall–Kier alpha value is -1.61. The summed E-state index contributed by atoms with van der Waals surface area (Å²) in [5, 5.41) is 8.02. The predicted molar refractivity (Wildman–Crippen MR) is 86.3 cm³/mol. The van der Waals surface area contributed by atoms with Gasteiger partial charge in [0.05, 0.1) is 5.69 Å². The van der Waals surface area contributed by atoms with Gasteiger partial charge in [-0.05, 0) is 56.2 Å². The molecule has 0 aliphatic heterocycles. The summed E-state index contributed by atoms with van der Waals surface area (Å²) in [6.07, 6.45) is 7.29. The lowest BCUT2D eigenvalue weighted by molar-refractivity contribution is 0.571. The van der Waals surface area contributed by atoms with E-state index in [0.29, 0.717) is 6.04 Å². The van der Waals surface area contributed by atoms with Crippen LogP contribution in [0.15, 0.2) is 24.4 Å². The molecule has 3 rings (SSSR count). The van der Waals surface area contributed by atoms with E-state index >= 15 is 0 Å². The molecule has 1 unspecified atom stereocenters. The average Bonchev–Trinajstić information content (AvgIpc) is 2.82. The van der Waals surface area contributed by atoms with E-state index in [9.17, 15) is 0 Å². The SMILES string of the molecule is Cc1nn(C)cc1CNC(C)c1ccc2c(c1)CCCC2. The molecule has 1 aliphatic carbocycles. The molecule has 1 aliphatic rings. The topological polar surface area (TPSA) is 29.9 Å². The number of aryl methyl sites for hydroxylation is 4.